The molecule has 0 radical (unpaired) electrons. The molecule has 0 aliphatic heterocycles. The lowest BCUT2D eigenvalue weighted by atomic mass is 10.2. The highest BCUT2D eigenvalue weighted by molar-refractivity contribution is 6.00. The zero-order chi connectivity index (χ0) is 20.9. The molecule has 6 heteroatoms. The summed E-state index contributed by atoms with van der Waals surface area (Å²) < 4.78 is 12.9. The summed E-state index contributed by atoms with van der Waals surface area (Å²) in [7, 11) is 1.62. The predicted molar refractivity (Wildman–Crippen MR) is 118 cm³/mol. The highest BCUT2D eigenvalue weighted by Crippen LogP contribution is 2.27. The fourth-order valence-corrected chi connectivity index (χ4v) is 3.22. The van der Waals surface area contributed by atoms with Gasteiger partial charge in [-0.25, -0.2) is 0 Å². The van der Waals surface area contributed by atoms with Crippen LogP contribution in [0.15, 0.2) is 84.0 Å². The van der Waals surface area contributed by atoms with Gasteiger partial charge < -0.3 is 19.8 Å². The van der Waals surface area contributed by atoms with Crippen molar-refractivity contribution in [3.8, 4) is 17.2 Å². The monoisotopic (exact) mass is 399 g/mol. The summed E-state index contributed by atoms with van der Waals surface area (Å²) in [5.41, 5.74) is 8.02. The number of nitrogens with zero attached hydrogens (tertiary/aromatic N) is 2. The molecule has 0 bridgehead atoms. The Kier molecular flexibility index (Phi) is 5.48. The SMILES string of the molecule is COc1cccc(Oc2ccc(N=Cc3cn(CC(N)=O)c4ccccc34)cc2)c1. The number of para-hydroxylation sites is 1. The number of hydrogen-bond donors (Lipinski definition) is 1. The summed E-state index contributed by atoms with van der Waals surface area (Å²) in [6.45, 7) is 0.130. The van der Waals surface area contributed by atoms with Crippen LogP contribution in [-0.4, -0.2) is 23.8 Å². The number of nitrogens with two attached hydrogens (primary N) is 1. The number of methoxy groups -OCH3 is 1. The molecule has 0 aliphatic carbocycles. The molecule has 150 valence electrons. The van der Waals surface area contributed by atoms with Gasteiger partial charge in [0.25, 0.3) is 0 Å². The normalized spacial score (nSPS) is 11.1. The van der Waals surface area contributed by atoms with Gasteiger partial charge in [0, 0.05) is 34.9 Å². The molecule has 0 saturated carbocycles. The third-order valence-electron chi connectivity index (χ3n) is 4.61. The van der Waals surface area contributed by atoms with E-state index in [0.29, 0.717) is 11.5 Å². The molecule has 6 nitrogen and oxygen atoms in total. The van der Waals surface area contributed by atoms with Crippen molar-refractivity contribution in [2.75, 3.05) is 7.11 Å². The molecular weight excluding hydrogens is 378 g/mol. The molecule has 1 aromatic heterocycles. The number of amides is 1. The van der Waals surface area contributed by atoms with Gasteiger partial charge in [-0.05, 0) is 42.5 Å². The van der Waals surface area contributed by atoms with E-state index in [9.17, 15) is 4.79 Å². The quantitative estimate of drug-likeness (QED) is 0.458. The van der Waals surface area contributed by atoms with Crippen molar-refractivity contribution < 1.29 is 14.3 Å². The van der Waals surface area contributed by atoms with Gasteiger partial charge in [-0.1, -0.05) is 24.3 Å². The number of hydrogen-bond acceptors (Lipinski definition) is 4. The van der Waals surface area contributed by atoms with Crippen molar-refractivity contribution in [2.45, 2.75) is 6.54 Å². The number of ether oxygens (including phenoxy) is 2. The predicted octanol–water partition coefficient (Wildman–Crippen LogP) is 4.68. The minimum absolute atomic E-state index is 0.130. The Labute approximate surface area is 174 Å². The molecule has 0 atom stereocenters. The van der Waals surface area contributed by atoms with Crippen LogP contribution in [-0.2, 0) is 11.3 Å². The van der Waals surface area contributed by atoms with Gasteiger partial charge >= 0.3 is 0 Å². The summed E-state index contributed by atoms with van der Waals surface area (Å²) in [6.07, 6.45) is 3.68. The van der Waals surface area contributed by atoms with Gasteiger partial charge in [0.2, 0.25) is 5.91 Å². The molecule has 3 aromatic carbocycles. The van der Waals surface area contributed by atoms with Crippen LogP contribution in [0.4, 0.5) is 5.69 Å². The highest BCUT2D eigenvalue weighted by Gasteiger charge is 2.08. The van der Waals surface area contributed by atoms with E-state index in [1.54, 1.807) is 13.3 Å². The topological polar surface area (TPSA) is 78.8 Å². The van der Waals surface area contributed by atoms with E-state index in [2.05, 4.69) is 4.99 Å². The second kappa shape index (κ2) is 8.53. The molecule has 0 fully saturated rings. The zero-order valence-corrected chi connectivity index (χ0v) is 16.5. The molecule has 0 unspecified atom stereocenters. The Bertz CT molecular complexity index is 1210. The lowest BCUT2D eigenvalue weighted by Gasteiger charge is -2.07. The van der Waals surface area contributed by atoms with Gasteiger partial charge in [-0.3, -0.25) is 9.79 Å². The van der Waals surface area contributed by atoms with Gasteiger partial charge in [-0.2, -0.15) is 0 Å². The maximum Gasteiger partial charge on any atom is 0.237 e. The first-order valence-corrected chi connectivity index (χ1v) is 9.44. The van der Waals surface area contributed by atoms with E-state index in [1.165, 1.54) is 0 Å². The molecule has 30 heavy (non-hydrogen) atoms. The standard InChI is InChI=1S/C24H21N3O3/c1-29-20-5-4-6-21(13-20)30-19-11-9-18(10-12-19)26-14-17-15-27(16-24(25)28)23-8-3-2-7-22(17)23/h2-15H,16H2,1H3,(H2,25,28). The number of aliphatic imine (C=N–C) groups is 1. The molecule has 2 N–H and O–H groups in total. The van der Waals surface area contributed by atoms with Crippen molar-refractivity contribution in [2.24, 2.45) is 10.7 Å². The van der Waals surface area contributed by atoms with Crippen molar-refractivity contribution in [3.63, 3.8) is 0 Å². The number of carbonyl (C=O) groups is 1. The maximum absolute atomic E-state index is 11.3. The van der Waals surface area contributed by atoms with Gasteiger partial charge in [-0.15, -0.1) is 0 Å². The van der Waals surface area contributed by atoms with Crippen molar-refractivity contribution >= 4 is 28.7 Å². The van der Waals surface area contributed by atoms with Crippen LogP contribution in [0, 0.1) is 0 Å². The Balaban J connectivity index is 1.52. The van der Waals surface area contributed by atoms with Crippen molar-refractivity contribution in [3.05, 3.63) is 84.6 Å². The molecule has 1 amide bonds. The Morgan fingerprint density at radius 3 is 2.53 bits per heavy atom. The third kappa shape index (κ3) is 4.33. The van der Waals surface area contributed by atoms with E-state index in [-0.39, 0.29) is 12.5 Å². The summed E-state index contributed by atoms with van der Waals surface area (Å²) in [4.78, 5) is 15.9. The van der Waals surface area contributed by atoms with Crippen LogP contribution in [0.25, 0.3) is 10.9 Å². The summed E-state index contributed by atoms with van der Waals surface area (Å²) >= 11 is 0. The van der Waals surface area contributed by atoms with Crippen LogP contribution < -0.4 is 15.2 Å². The first kappa shape index (κ1) is 19.3. The lowest BCUT2D eigenvalue weighted by molar-refractivity contribution is -0.118. The molecule has 0 saturated heterocycles. The molecule has 4 rings (SSSR count). The van der Waals surface area contributed by atoms with Crippen LogP contribution in [0.5, 0.6) is 17.2 Å². The number of benzene rings is 3. The molecule has 0 spiro atoms. The summed E-state index contributed by atoms with van der Waals surface area (Å²) in [5.74, 6) is 1.77. The number of fused-ring (bicyclic) bond motifs is 1. The largest absolute Gasteiger partial charge is 0.497 e. The lowest BCUT2D eigenvalue weighted by Crippen LogP contribution is -2.17. The van der Waals surface area contributed by atoms with E-state index in [1.807, 2.05) is 83.6 Å². The average Bonchev–Trinajstić information content (AvgIpc) is 3.10. The maximum atomic E-state index is 11.3. The van der Waals surface area contributed by atoms with Crippen molar-refractivity contribution in [1.82, 2.24) is 4.57 Å². The van der Waals surface area contributed by atoms with Crippen LogP contribution >= 0.6 is 0 Å². The third-order valence-corrected chi connectivity index (χ3v) is 4.61. The second-order valence-electron chi connectivity index (χ2n) is 6.73. The van der Waals surface area contributed by atoms with E-state index < -0.39 is 0 Å². The molecular formula is C24H21N3O3. The van der Waals surface area contributed by atoms with Crippen LogP contribution in [0.3, 0.4) is 0 Å². The number of aromatic nitrogens is 1. The highest BCUT2D eigenvalue weighted by atomic mass is 16.5. The first-order chi connectivity index (χ1) is 14.6. The van der Waals surface area contributed by atoms with Crippen molar-refractivity contribution in [1.29, 1.82) is 0 Å². The average molecular weight is 399 g/mol. The number of primary amides is 1. The first-order valence-electron chi connectivity index (χ1n) is 9.44. The van der Waals surface area contributed by atoms with E-state index in [4.69, 9.17) is 15.2 Å². The van der Waals surface area contributed by atoms with Crippen LogP contribution in [0.2, 0.25) is 0 Å². The fraction of sp³-hybridized carbons (Fsp3) is 0.0833. The Morgan fingerprint density at radius 1 is 1.00 bits per heavy atom. The second-order valence-corrected chi connectivity index (χ2v) is 6.73. The molecule has 4 aromatic rings. The minimum atomic E-state index is -0.383. The molecule has 1 heterocycles. The molecule has 0 aliphatic rings. The number of carbonyl (C=O) groups excluding carboxylic acids is 1. The van der Waals surface area contributed by atoms with Gasteiger partial charge in [0.1, 0.15) is 23.8 Å². The smallest absolute Gasteiger partial charge is 0.237 e. The van der Waals surface area contributed by atoms with Crippen LogP contribution in [0.1, 0.15) is 5.56 Å². The Hall–Kier alpha value is -4.06. The minimum Gasteiger partial charge on any atom is -0.497 e. The summed E-state index contributed by atoms with van der Waals surface area (Å²) in [5, 5.41) is 1.01. The van der Waals surface area contributed by atoms with Gasteiger partial charge in [0.15, 0.2) is 0 Å². The van der Waals surface area contributed by atoms with E-state index >= 15 is 0 Å². The van der Waals surface area contributed by atoms with E-state index in [0.717, 1.165) is 27.9 Å². The number of rotatable bonds is 7. The summed E-state index contributed by atoms with van der Waals surface area (Å²) in [6, 6.07) is 22.8. The fourth-order valence-electron chi connectivity index (χ4n) is 3.22. The van der Waals surface area contributed by atoms with Gasteiger partial charge in [0.05, 0.1) is 12.8 Å². The Morgan fingerprint density at radius 2 is 1.77 bits per heavy atom. The zero-order valence-electron chi connectivity index (χ0n) is 16.5.